The van der Waals surface area contributed by atoms with Gasteiger partial charge >= 0.3 is 0 Å². The monoisotopic (exact) mass is 340 g/mol. The molecule has 1 aromatic heterocycles. The lowest BCUT2D eigenvalue weighted by Gasteiger charge is -2.04. The van der Waals surface area contributed by atoms with E-state index in [1.165, 1.54) is 5.56 Å². The minimum absolute atomic E-state index is 0.367. The van der Waals surface area contributed by atoms with Crippen LogP contribution in [0.3, 0.4) is 0 Å². The molecule has 3 aromatic rings. The standard InChI is InChI=1S/C19H17ClN2O2/c1-12(2)9-13-3-5-14(6-4-13)19-21-18(22-24-19)15-7-8-16(11-23)17(20)10-15/h3-8,10-12H,9H2,1-2H3. The topological polar surface area (TPSA) is 56.0 Å². The maximum Gasteiger partial charge on any atom is 0.258 e. The predicted octanol–water partition coefficient (Wildman–Crippen LogP) is 5.07. The van der Waals surface area contributed by atoms with Crippen LogP contribution in [0.1, 0.15) is 29.8 Å². The van der Waals surface area contributed by atoms with Gasteiger partial charge in [0.1, 0.15) is 0 Å². The van der Waals surface area contributed by atoms with E-state index in [2.05, 4.69) is 36.1 Å². The summed E-state index contributed by atoms with van der Waals surface area (Å²) in [5, 5.41) is 4.36. The Morgan fingerprint density at radius 1 is 1.12 bits per heavy atom. The van der Waals surface area contributed by atoms with E-state index in [9.17, 15) is 4.79 Å². The predicted molar refractivity (Wildman–Crippen MR) is 94.1 cm³/mol. The number of benzene rings is 2. The van der Waals surface area contributed by atoms with Crippen LogP contribution in [0.4, 0.5) is 0 Å². The van der Waals surface area contributed by atoms with Gasteiger partial charge in [-0.15, -0.1) is 0 Å². The summed E-state index contributed by atoms with van der Waals surface area (Å²) in [6.07, 6.45) is 1.75. The van der Waals surface area contributed by atoms with Crippen LogP contribution in [-0.4, -0.2) is 16.4 Å². The number of aromatic nitrogens is 2. The number of rotatable bonds is 5. The van der Waals surface area contributed by atoms with Crippen molar-refractivity contribution in [3.63, 3.8) is 0 Å². The average Bonchev–Trinajstić information content (AvgIpc) is 3.05. The quantitative estimate of drug-likeness (QED) is 0.608. The molecule has 1 heterocycles. The van der Waals surface area contributed by atoms with Crippen molar-refractivity contribution in [1.82, 2.24) is 10.1 Å². The molecule has 0 amide bonds. The first-order valence-corrected chi connectivity index (χ1v) is 8.12. The molecule has 122 valence electrons. The number of hydrogen-bond donors (Lipinski definition) is 0. The Bertz CT molecular complexity index is 854. The van der Waals surface area contributed by atoms with Gasteiger partial charge in [-0.2, -0.15) is 4.98 Å². The highest BCUT2D eigenvalue weighted by Gasteiger charge is 2.12. The molecule has 5 heteroatoms. The first-order valence-electron chi connectivity index (χ1n) is 7.75. The van der Waals surface area contributed by atoms with Crippen molar-refractivity contribution in [3.05, 3.63) is 58.6 Å². The van der Waals surface area contributed by atoms with Crippen molar-refractivity contribution in [3.8, 4) is 22.8 Å². The van der Waals surface area contributed by atoms with Crippen molar-refractivity contribution in [2.75, 3.05) is 0 Å². The fourth-order valence-corrected chi connectivity index (χ4v) is 2.70. The summed E-state index contributed by atoms with van der Waals surface area (Å²) in [6.45, 7) is 4.39. The molecule has 0 N–H and O–H groups in total. The van der Waals surface area contributed by atoms with Crippen LogP contribution in [0.5, 0.6) is 0 Å². The molecule has 0 unspecified atom stereocenters. The highest BCUT2D eigenvalue weighted by Crippen LogP contribution is 2.26. The second-order valence-corrected chi connectivity index (χ2v) is 6.48. The van der Waals surface area contributed by atoms with Gasteiger partial charge in [0.25, 0.3) is 5.89 Å². The summed E-state index contributed by atoms with van der Waals surface area (Å²) < 4.78 is 5.35. The van der Waals surface area contributed by atoms with E-state index in [-0.39, 0.29) is 0 Å². The van der Waals surface area contributed by atoms with Crippen LogP contribution >= 0.6 is 11.6 Å². The van der Waals surface area contributed by atoms with E-state index in [4.69, 9.17) is 16.1 Å². The Morgan fingerprint density at radius 3 is 2.46 bits per heavy atom. The van der Waals surface area contributed by atoms with E-state index in [1.807, 2.05) is 12.1 Å². The molecule has 0 radical (unpaired) electrons. The molecule has 0 fully saturated rings. The van der Waals surface area contributed by atoms with Crippen LogP contribution in [0.25, 0.3) is 22.8 Å². The molecule has 0 aliphatic rings. The summed E-state index contributed by atoms with van der Waals surface area (Å²) >= 11 is 6.04. The molecule has 4 nitrogen and oxygen atoms in total. The van der Waals surface area contributed by atoms with E-state index >= 15 is 0 Å². The van der Waals surface area contributed by atoms with Gasteiger partial charge in [-0.3, -0.25) is 4.79 Å². The lowest BCUT2D eigenvalue weighted by molar-refractivity contribution is 0.112. The lowest BCUT2D eigenvalue weighted by atomic mass is 10.0. The van der Waals surface area contributed by atoms with E-state index in [1.54, 1.807) is 18.2 Å². The van der Waals surface area contributed by atoms with Gasteiger partial charge in [0.2, 0.25) is 5.82 Å². The van der Waals surface area contributed by atoms with Gasteiger partial charge in [0.05, 0.1) is 5.02 Å². The van der Waals surface area contributed by atoms with Gasteiger partial charge in [-0.05, 0) is 42.2 Å². The molecule has 0 atom stereocenters. The van der Waals surface area contributed by atoms with Crippen LogP contribution in [0, 0.1) is 5.92 Å². The Labute approximate surface area is 145 Å². The third-order valence-corrected chi connectivity index (χ3v) is 3.98. The third-order valence-electron chi connectivity index (χ3n) is 3.66. The SMILES string of the molecule is CC(C)Cc1ccc(-c2nc(-c3ccc(C=O)c(Cl)c3)no2)cc1. The van der Waals surface area contributed by atoms with E-state index in [0.717, 1.165) is 12.0 Å². The summed E-state index contributed by atoms with van der Waals surface area (Å²) in [4.78, 5) is 15.2. The van der Waals surface area contributed by atoms with Gasteiger partial charge in [-0.25, -0.2) is 0 Å². The molecule has 24 heavy (non-hydrogen) atoms. The van der Waals surface area contributed by atoms with Crippen LogP contribution in [0.2, 0.25) is 5.02 Å². The Hall–Kier alpha value is -2.46. The molecule has 3 rings (SSSR count). The lowest BCUT2D eigenvalue weighted by Crippen LogP contribution is -1.93. The second-order valence-electron chi connectivity index (χ2n) is 6.07. The first kappa shape index (κ1) is 16.4. The van der Waals surface area contributed by atoms with Crippen molar-refractivity contribution < 1.29 is 9.32 Å². The summed E-state index contributed by atoms with van der Waals surface area (Å²) in [6, 6.07) is 13.2. The summed E-state index contributed by atoms with van der Waals surface area (Å²) in [7, 11) is 0. The highest BCUT2D eigenvalue weighted by molar-refractivity contribution is 6.33. The number of halogens is 1. The molecule has 0 saturated carbocycles. The fraction of sp³-hybridized carbons (Fsp3) is 0.211. The van der Waals surface area contributed by atoms with Crippen LogP contribution < -0.4 is 0 Å². The highest BCUT2D eigenvalue weighted by atomic mass is 35.5. The average molecular weight is 341 g/mol. The van der Waals surface area contributed by atoms with Crippen molar-refractivity contribution in [2.24, 2.45) is 5.92 Å². The molecule has 0 aliphatic heterocycles. The second kappa shape index (κ2) is 6.97. The Morgan fingerprint density at radius 2 is 1.83 bits per heavy atom. The molecular weight excluding hydrogens is 324 g/mol. The maximum atomic E-state index is 10.8. The number of aldehydes is 1. The Kier molecular flexibility index (Phi) is 4.76. The van der Waals surface area contributed by atoms with Gasteiger partial charge in [-0.1, -0.05) is 48.8 Å². The van der Waals surface area contributed by atoms with Gasteiger partial charge in [0, 0.05) is 16.7 Å². The van der Waals surface area contributed by atoms with Gasteiger partial charge < -0.3 is 4.52 Å². The fourth-order valence-electron chi connectivity index (χ4n) is 2.47. The number of carbonyl (C=O) groups is 1. The summed E-state index contributed by atoms with van der Waals surface area (Å²) in [5.74, 6) is 1.51. The number of hydrogen-bond acceptors (Lipinski definition) is 4. The number of nitrogens with zero attached hydrogens (tertiary/aromatic N) is 2. The van der Waals surface area contributed by atoms with Crippen molar-refractivity contribution >= 4 is 17.9 Å². The zero-order valence-corrected chi connectivity index (χ0v) is 14.2. The van der Waals surface area contributed by atoms with Crippen LogP contribution in [0.15, 0.2) is 47.0 Å². The largest absolute Gasteiger partial charge is 0.334 e. The normalized spacial score (nSPS) is 11.0. The molecule has 0 saturated heterocycles. The zero-order chi connectivity index (χ0) is 17.1. The van der Waals surface area contributed by atoms with E-state index < -0.39 is 0 Å². The zero-order valence-electron chi connectivity index (χ0n) is 13.5. The minimum Gasteiger partial charge on any atom is -0.334 e. The van der Waals surface area contributed by atoms with Crippen LogP contribution in [-0.2, 0) is 6.42 Å². The van der Waals surface area contributed by atoms with Crippen molar-refractivity contribution in [1.29, 1.82) is 0 Å². The van der Waals surface area contributed by atoms with Gasteiger partial charge in [0.15, 0.2) is 6.29 Å². The third kappa shape index (κ3) is 3.54. The smallest absolute Gasteiger partial charge is 0.258 e. The molecule has 2 aromatic carbocycles. The molecular formula is C19H17ClN2O2. The molecule has 0 spiro atoms. The minimum atomic E-state index is 0.367. The number of carbonyl (C=O) groups excluding carboxylic acids is 1. The maximum absolute atomic E-state index is 10.8. The van der Waals surface area contributed by atoms with Crippen molar-refractivity contribution in [2.45, 2.75) is 20.3 Å². The molecule has 0 bridgehead atoms. The van der Waals surface area contributed by atoms with E-state index in [0.29, 0.717) is 40.1 Å². The molecule has 0 aliphatic carbocycles. The Balaban J connectivity index is 1.85. The summed E-state index contributed by atoms with van der Waals surface area (Å²) in [5.41, 5.74) is 3.29. The first-order chi connectivity index (χ1) is 11.6.